The summed E-state index contributed by atoms with van der Waals surface area (Å²) < 4.78 is 0. The Morgan fingerprint density at radius 1 is 1.07 bits per heavy atom. The number of benzene rings is 2. The standard InChI is InChI=1S/C23H23ClN4S/c1-15-8-10-16(11-9-15)18-13-29-23-21(18)22(26-14-27-23)25-12-20(28(2)3)17-6-4-5-7-19(17)24/h4-11,13-14,20H,12H2,1-3H3,(H,25,26,27)/t20-/m0/s1. The van der Waals surface area contributed by atoms with E-state index in [1.54, 1.807) is 17.7 Å². The molecule has 0 saturated heterocycles. The molecule has 4 nitrogen and oxygen atoms in total. The van der Waals surface area contributed by atoms with Crippen molar-refractivity contribution in [2.75, 3.05) is 26.0 Å². The number of aromatic nitrogens is 2. The van der Waals surface area contributed by atoms with Crippen molar-refractivity contribution in [2.24, 2.45) is 0 Å². The zero-order valence-corrected chi connectivity index (χ0v) is 18.3. The zero-order valence-electron chi connectivity index (χ0n) is 16.7. The van der Waals surface area contributed by atoms with Crippen molar-refractivity contribution in [2.45, 2.75) is 13.0 Å². The normalized spacial score (nSPS) is 12.4. The number of thiophene rings is 1. The Labute approximate surface area is 180 Å². The van der Waals surface area contributed by atoms with E-state index >= 15 is 0 Å². The fourth-order valence-corrected chi connectivity index (χ4v) is 4.64. The molecule has 0 unspecified atom stereocenters. The summed E-state index contributed by atoms with van der Waals surface area (Å²) in [6.45, 7) is 2.79. The SMILES string of the molecule is Cc1ccc(-c2csc3ncnc(NC[C@@H](c4ccccc4Cl)N(C)C)c23)cc1. The fraction of sp³-hybridized carbons (Fsp3) is 0.217. The van der Waals surface area contributed by atoms with E-state index in [0.717, 1.165) is 32.2 Å². The van der Waals surface area contributed by atoms with Crippen LogP contribution in [0.15, 0.2) is 60.2 Å². The smallest absolute Gasteiger partial charge is 0.138 e. The van der Waals surface area contributed by atoms with Gasteiger partial charge in [-0.05, 0) is 38.2 Å². The van der Waals surface area contributed by atoms with Crippen LogP contribution in [-0.2, 0) is 0 Å². The predicted octanol–water partition coefficient (Wildman–Crippen LogP) is 6.03. The maximum absolute atomic E-state index is 6.46. The summed E-state index contributed by atoms with van der Waals surface area (Å²) in [6, 6.07) is 16.7. The van der Waals surface area contributed by atoms with Gasteiger partial charge in [0, 0.05) is 22.5 Å². The molecule has 0 saturated carbocycles. The Morgan fingerprint density at radius 2 is 1.83 bits per heavy atom. The number of nitrogens with zero attached hydrogens (tertiary/aromatic N) is 3. The van der Waals surface area contributed by atoms with Crippen LogP contribution in [0.5, 0.6) is 0 Å². The molecule has 2 aromatic heterocycles. The van der Waals surface area contributed by atoms with Gasteiger partial charge in [0.15, 0.2) is 0 Å². The van der Waals surface area contributed by atoms with Gasteiger partial charge in [0.1, 0.15) is 17.0 Å². The van der Waals surface area contributed by atoms with Crippen LogP contribution in [0.3, 0.4) is 0 Å². The summed E-state index contributed by atoms with van der Waals surface area (Å²) in [6.07, 6.45) is 1.63. The van der Waals surface area contributed by atoms with Crippen LogP contribution >= 0.6 is 22.9 Å². The molecule has 0 aliphatic heterocycles. The maximum atomic E-state index is 6.46. The van der Waals surface area contributed by atoms with Gasteiger partial charge in [-0.2, -0.15) is 0 Å². The molecule has 0 radical (unpaired) electrons. The summed E-state index contributed by atoms with van der Waals surface area (Å²) in [5.74, 6) is 0.853. The number of nitrogens with one attached hydrogen (secondary N) is 1. The van der Waals surface area contributed by atoms with Gasteiger partial charge >= 0.3 is 0 Å². The van der Waals surface area contributed by atoms with E-state index in [4.69, 9.17) is 11.6 Å². The molecule has 29 heavy (non-hydrogen) atoms. The minimum absolute atomic E-state index is 0.121. The predicted molar refractivity (Wildman–Crippen MR) is 124 cm³/mol. The Kier molecular flexibility index (Phi) is 5.81. The average Bonchev–Trinajstić information content (AvgIpc) is 3.15. The molecule has 0 spiro atoms. The highest BCUT2D eigenvalue weighted by atomic mass is 35.5. The van der Waals surface area contributed by atoms with Crippen LogP contribution in [-0.4, -0.2) is 35.5 Å². The van der Waals surface area contributed by atoms with Crippen molar-refractivity contribution in [1.82, 2.24) is 14.9 Å². The van der Waals surface area contributed by atoms with Gasteiger partial charge in [-0.3, -0.25) is 0 Å². The van der Waals surface area contributed by atoms with Crippen LogP contribution in [0.1, 0.15) is 17.2 Å². The molecule has 0 fully saturated rings. The van der Waals surface area contributed by atoms with Crippen LogP contribution in [0.2, 0.25) is 5.02 Å². The quantitative estimate of drug-likeness (QED) is 0.411. The van der Waals surface area contributed by atoms with Gasteiger partial charge in [-0.1, -0.05) is 59.6 Å². The summed E-state index contributed by atoms with van der Waals surface area (Å²) in [5, 5.41) is 7.56. The zero-order chi connectivity index (χ0) is 20.4. The molecule has 6 heteroatoms. The van der Waals surface area contributed by atoms with Crippen molar-refractivity contribution in [1.29, 1.82) is 0 Å². The second-order valence-electron chi connectivity index (χ2n) is 7.30. The van der Waals surface area contributed by atoms with Crippen molar-refractivity contribution in [3.63, 3.8) is 0 Å². The van der Waals surface area contributed by atoms with Gasteiger partial charge < -0.3 is 10.2 Å². The number of likely N-dealkylation sites (N-methyl/N-ethyl adjacent to an activating group) is 1. The largest absolute Gasteiger partial charge is 0.367 e. The lowest BCUT2D eigenvalue weighted by Gasteiger charge is -2.26. The lowest BCUT2D eigenvalue weighted by atomic mass is 10.0. The maximum Gasteiger partial charge on any atom is 0.138 e. The molecule has 4 aromatic rings. The fourth-order valence-electron chi connectivity index (χ4n) is 3.46. The number of halogens is 1. The van der Waals surface area contributed by atoms with Crippen LogP contribution in [0, 0.1) is 6.92 Å². The summed E-state index contributed by atoms with van der Waals surface area (Å²) in [5.41, 5.74) is 4.68. The van der Waals surface area contributed by atoms with E-state index in [0.29, 0.717) is 6.54 Å². The van der Waals surface area contributed by atoms with Gasteiger partial charge in [0.2, 0.25) is 0 Å². The molecule has 148 valence electrons. The van der Waals surface area contributed by atoms with Crippen LogP contribution in [0.25, 0.3) is 21.3 Å². The van der Waals surface area contributed by atoms with Crippen LogP contribution in [0.4, 0.5) is 5.82 Å². The highest BCUT2D eigenvalue weighted by molar-refractivity contribution is 7.17. The molecule has 1 atom stereocenters. The third kappa shape index (κ3) is 4.13. The topological polar surface area (TPSA) is 41.1 Å². The van der Waals surface area contributed by atoms with Crippen molar-refractivity contribution < 1.29 is 0 Å². The minimum atomic E-state index is 0.121. The third-order valence-corrected chi connectivity index (χ3v) is 6.31. The first-order valence-electron chi connectivity index (χ1n) is 9.48. The Balaban J connectivity index is 1.68. The Morgan fingerprint density at radius 3 is 2.55 bits per heavy atom. The average molecular weight is 423 g/mol. The third-order valence-electron chi connectivity index (χ3n) is 5.08. The molecule has 4 rings (SSSR count). The number of hydrogen-bond donors (Lipinski definition) is 1. The van der Waals surface area contributed by atoms with Gasteiger partial charge in [-0.15, -0.1) is 11.3 Å². The van der Waals surface area contributed by atoms with E-state index in [1.807, 2.05) is 18.2 Å². The molecule has 0 aliphatic rings. The minimum Gasteiger partial charge on any atom is -0.367 e. The molecule has 2 heterocycles. The lowest BCUT2D eigenvalue weighted by Crippen LogP contribution is -2.27. The van der Waals surface area contributed by atoms with Crippen molar-refractivity contribution in [3.05, 3.63) is 76.4 Å². The van der Waals surface area contributed by atoms with E-state index in [-0.39, 0.29) is 6.04 Å². The molecule has 0 amide bonds. The first-order chi connectivity index (χ1) is 14.0. The summed E-state index contributed by atoms with van der Waals surface area (Å²) in [7, 11) is 4.13. The number of anilines is 1. The van der Waals surface area contributed by atoms with Gasteiger partial charge in [0.05, 0.1) is 11.4 Å². The van der Waals surface area contributed by atoms with Crippen molar-refractivity contribution >= 4 is 39.0 Å². The molecule has 0 bridgehead atoms. The second kappa shape index (κ2) is 8.49. The van der Waals surface area contributed by atoms with E-state index < -0.39 is 0 Å². The monoisotopic (exact) mass is 422 g/mol. The van der Waals surface area contributed by atoms with E-state index in [9.17, 15) is 0 Å². The first kappa shape index (κ1) is 19.8. The Hall–Kier alpha value is -2.47. The molecule has 1 N–H and O–H groups in total. The van der Waals surface area contributed by atoms with E-state index in [1.165, 1.54) is 11.1 Å². The van der Waals surface area contributed by atoms with Crippen LogP contribution < -0.4 is 5.32 Å². The summed E-state index contributed by atoms with van der Waals surface area (Å²) in [4.78, 5) is 12.2. The number of aryl methyl sites for hydroxylation is 1. The second-order valence-corrected chi connectivity index (χ2v) is 8.56. The number of hydrogen-bond acceptors (Lipinski definition) is 5. The van der Waals surface area contributed by atoms with E-state index in [2.05, 4.69) is 76.9 Å². The molecular weight excluding hydrogens is 400 g/mol. The molecule has 0 aliphatic carbocycles. The lowest BCUT2D eigenvalue weighted by molar-refractivity contribution is 0.312. The number of fused-ring (bicyclic) bond motifs is 1. The summed E-state index contributed by atoms with van der Waals surface area (Å²) >= 11 is 8.11. The van der Waals surface area contributed by atoms with Gasteiger partial charge in [-0.25, -0.2) is 9.97 Å². The first-order valence-corrected chi connectivity index (χ1v) is 10.7. The highest BCUT2D eigenvalue weighted by Gasteiger charge is 2.19. The Bertz CT molecular complexity index is 1120. The number of rotatable bonds is 6. The molecular formula is C23H23ClN4S. The van der Waals surface area contributed by atoms with Gasteiger partial charge in [0.25, 0.3) is 0 Å². The molecule has 2 aromatic carbocycles. The van der Waals surface area contributed by atoms with Crippen molar-refractivity contribution in [3.8, 4) is 11.1 Å². The highest BCUT2D eigenvalue weighted by Crippen LogP contribution is 2.37.